The van der Waals surface area contributed by atoms with Crippen LogP contribution in [0.15, 0.2) is 63.9 Å². The zero-order chi connectivity index (χ0) is 21.8. The van der Waals surface area contributed by atoms with Crippen LogP contribution in [0, 0.1) is 0 Å². The maximum atomic E-state index is 12.5. The first-order chi connectivity index (χ1) is 15.0. The van der Waals surface area contributed by atoms with Gasteiger partial charge in [0.25, 0.3) is 5.56 Å². The Kier molecular flexibility index (Phi) is 6.34. The predicted octanol–water partition coefficient (Wildman–Crippen LogP) is 4.19. The largest absolute Gasteiger partial charge is 0.497 e. The van der Waals surface area contributed by atoms with Gasteiger partial charge in [0.15, 0.2) is 10.3 Å². The van der Waals surface area contributed by atoms with Crippen LogP contribution in [0.5, 0.6) is 5.75 Å². The number of carbonyl (C=O) groups excluding carboxylic acids is 1. The molecule has 4 aromatic rings. The third-order valence-electron chi connectivity index (χ3n) is 4.64. The van der Waals surface area contributed by atoms with Crippen molar-refractivity contribution in [1.29, 1.82) is 0 Å². The van der Waals surface area contributed by atoms with E-state index in [4.69, 9.17) is 4.74 Å². The van der Waals surface area contributed by atoms with Crippen LogP contribution in [0.4, 0.5) is 5.13 Å². The van der Waals surface area contributed by atoms with Crippen molar-refractivity contribution in [3.63, 3.8) is 0 Å². The topological polar surface area (TPSA) is 86.1 Å². The Bertz CT molecular complexity index is 1280. The second-order valence-corrected chi connectivity index (χ2v) is 8.61. The molecule has 0 aliphatic carbocycles. The maximum absolute atomic E-state index is 12.5. The lowest BCUT2D eigenvalue weighted by molar-refractivity contribution is -0.115. The molecular weight excluding hydrogens is 432 g/mol. The van der Waals surface area contributed by atoms with Gasteiger partial charge in [0.2, 0.25) is 5.91 Å². The average Bonchev–Trinajstić information content (AvgIpc) is 3.25. The lowest BCUT2D eigenvalue weighted by Crippen LogP contribution is -2.20. The lowest BCUT2D eigenvalue weighted by atomic mass is 10.2. The molecule has 7 nitrogen and oxygen atoms in total. The van der Waals surface area contributed by atoms with Crippen LogP contribution < -0.4 is 15.6 Å². The van der Waals surface area contributed by atoms with Gasteiger partial charge < -0.3 is 10.1 Å². The monoisotopic (exact) mass is 452 g/mol. The number of fused-ring (bicyclic) bond motifs is 1. The van der Waals surface area contributed by atoms with Gasteiger partial charge in [-0.3, -0.25) is 14.2 Å². The SMILES string of the molecule is COc1ccc(-c2csc(NC(=O)CCSc3nc4ccccc4c(=O)n3C)n2)cc1. The first-order valence-corrected chi connectivity index (χ1v) is 11.4. The number of hydrogen-bond acceptors (Lipinski definition) is 7. The molecule has 0 spiro atoms. The van der Waals surface area contributed by atoms with E-state index in [2.05, 4.69) is 15.3 Å². The van der Waals surface area contributed by atoms with Crippen LogP contribution in [-0.2, 0) is 11.8 Å². The molecule has 158 valence electrons. The van der Waals surface area contributed by atoms with Gasteiger partial charge in [-0.05, 0) is 36.4 Å². The maximum Gasteiger partial charge on any atom is 0.261 e. The number of carbonyl (C=O) groups is 1. The highest BCUT2D eigenvalue weighted by Crippen LogP contribution is 2.26. The van der Waals surface area contributed by atoms with Crippen molar-refractivity contribution in [3.8, 4) is 17.0 Å². The minimum atomic E-state index is -0.131. The normalized spacial score (nSPS) is 10.9. The van der Waals surface area contributed by atoms with Crippen LogP contribution in [0.1, 0.15) is 6.42 Å². The van der Waals surface area contributed by atoms with Crippen molar-refractivity contribution in [1.82, 2.24) is 14.5 Å². The molecule has 0 saturated carbocycles. The first kappa shape index (κ1) is 21.1. The number of nitrogens with zero attached hydrogens (tertiary/aromatic N) is 3. The lowest BCUT2D eigenvalue weighted by Gasteiger charge is -2.08. The van der Waals surface area contributed by atoms with Crippen molar-refractivity contribution in [2.24, 2.45) is 7.05 Å². The standard InChI is InChI=1S/C22H20N4O3S2/c1-26-20(28)16-5-3-4-6-17(16)24-22(26)30-12-11-19(27)25-21-23-18(13-31-21)14-7-9-15(29-2)10-8-14/h3-10,13H,11-12H2,1-2H3,(H,23,25,27). The smallest absolute Gasteiger partial charge is 0.261 e. The third kappa shape index (κ3) is 4.78. The van der Waals surface area contributed by atoms with Crippen molar-refractivity contribution in [2.75, 3.05) is 18.2 Å². The summed E-state index contributed by atoms with van der Waals surface area (Å²) in [7, 11) is 3.32. The second kappa shape index (κ2) is 9.32. The molecule has 0 saturated heterocycles. The van der Waals surface area contributed by atoms with E-state index >= 15 is 0 Å². The summed E-state index contributed by atoms with van der Waals surface area (Å²) < 4.78 is 6.69. The molecule has 2 aromatic heterocycles. The minimum absolute atomic E-state index is 0.0913. The highest BCUT2D eigenvalue weighted by atomic mass is 32.2. The molecule has 2 aromatic carbocycles. The Morgan fingerprint density at radius 1 is 1.16 bits per heavy atom. The van der Waals surface area contributed by atoms with Crippen LogP contribution >= 0.6 is 23.1 Å². The van der Waals surface area contributed by atoms with E-state index in [1.807, 2.05) is 47.8 Å². The number of thioether (sulfide) groups is 1. The summed E-state index contributed by atoms with van der Waals surface area (Å²) in [6.07, 6.45) is 0.283. The second-order valence-electron chi connectivity index (χ2n) is 6.69. The fourth-order valence-electron chi connectivity index (χ4n) is 2.97. The van der Waals surface area contributed by atoms with Gasteiger partial charge in [-0.15, -0.1) is 11.3 Å². The number of ether oxygens (including phenoxy) is 1. The van der Waals surface area contributed by atoms with Crippen molar-refractivity contribution >= 4 is 45.0 Å². The van der Waals surface area contributed by atoms with E-state index in [-0.39, 0.29) is 17.9 Å². The van der Waals surface area contributed by atoms with Crippen LogP contribution in [0.2, 0.25) is 0 Å². The van der Waals surface area contributed by atoms with E-state index in [0.717, 1.165) is 17.0 Å². The number of hydrogen-bond donors (Lipinski definition) is 1. The Balaban J connectivity index is 1.35. The minimum Gasteiger partial charge on any atom is -0.497 e. The number of amides is 1. The van der Waals surface area contributed by atoms with E-state index in [9.17, 15) is 9.59 Å². The Hall–Kier alpha value is -3.17. The van der Waals surface area contributed by atoms with Crippen molar-refractivity contribution < 1.29 is 9.53 Å². The zero-order valence-electron chi connectivity index (χ0n) is 17.0. The average molecular weight is 453 g/mol. The molecule has 0 atom stereocenters. The van der Waals surface area contributed by atoms with Crippen LogP contribution in [0.3, 0.4) is 0 Å². The van der Waals surface area contributed by atoms with E-state index < -0.39 is 0 Å². The quantitative estimate of drug-likeness (QED) is 0.334. The van der Waals surface area contributed by atoms with Gasteiger partial charge >= 0.3 is 0 Å². The van der Waals surface area contributed by atoms with Gasteiger partial charge in [0, 0.05) is 30.2 Å². The van der Waals surface area contributed by atoms with Gasteiger partial charge in [-0.2, -0.15) is 0 Å². The molecule has 0 unspecified atom stereocenters. The van der Waals surface area contributed by atoms with Gasteiger partial charge in [-0.25, -0.2) is 9.97 Å². The molecule has 9 heteroatoms. The summed E-state index contributed by atoms with van der Waals surface area (Å²) in [5.74, 6) is 1.15. The molecular formula is C22H20N4O3S2. The Morgan fingerprint density at radius 3 is 2.71 bits per heavy atom. The van der Waals surface area contributed by atoms with Crippen molar-refractivity contribution in [2.45, 2.75) is 11.6 Å². The summed E-state index contributed by atoms with van der Waals surface area (Å²) >= 11 is 2.76. The van der Waals surface area contributed by atoms with Gasteiger partial charge in [-0.1, -0.05) is 23.9 Å². The highest BCUT2D eigenvalue weighted by Gasteiger charge is 2.11. The first-order valence-electron chi connectivity index (χ1n) is 9.53. The fraction of sp³-hybridized carbons (Fsp3) is 0.182. The van der Waals surface area contributed by atoms with Gasteiger partial charge in [0.05, 0.1) is 23.7 Å². The molecule has 0 bridgehead atoms. The molecule has 0 radical (unpaired) electrons. The zero-order valence-corrected chi connectivity index (χ0v) is 18.6. The Labute approximate surface area is 187 Å². The summed E-state index contributed by atoms with van der Waals surface area (Å²) in [6.45, 7) is 0. The van der Waals surface area contributed by atoms with Gasteiger partial charge in [0.1, 0.15) is 5.75 Å². The number of aromatic nitrogens is 3. The third-order valence-corrected chi connectivity index (χ3v) is 6.43. The summed E-state index contributed by atoms with van der Waals surface area (Å²) in [6, 6.07) is 14.9. The number of para-hydroxylation sites is 1. The molecule has 0 aliphatic heterocycles. The fourth-order valence-corrected chi connectivity index (χ4v) is 4.61. The number of benzene rings is 2. The van der Waals surface area contributed by atoms with Crippen LogP contribution in [0.25, 0.3) is 22.2 Å². The summed E-state index contributed by atoms with van der Waals surface area (Å²) in [5.41, 5.74) is 2.32. The highest BCUT2D eigenvalue weighted by molar-refractivity contribution is 7.99. The number of rotatable bonds is 7. The number of thiazole rings is 1. The Morgan fingerprint density at radius 2 is 1.94 bits per heavy atom. The van der Waals surface area contributed by atoms with Crippen molar-refractivity contribution in [3.05, 3.63) is 64.3 Å². The molecule has 4 rings (SSSR count). The molecule has 1 amide bonds. The molecule has 31 heavy (non-hydrogen) atoms. The molecule has 2 heterocycles. The summed E-state index contributed by atoms with van der Waals surface area (Å²) in [5, 5.41) is 6.47. The number of anilines is 1. The molecule has 0 fully saturated rings. The van der Waals surface area contributed by atoms with E-state index in [1.54, 1.807) is 20.2 Å². The number of methoxy groups -OCH3 is 1. The van der Waals surface area contributed by atoms with E-state index in [1.165, 1.54) is 27.7 Å². The summed E-state index contributed by atoms with van der Waals surface area (Å²) in [4.78, 5) is 33.8. The predicted molar refractivity (Wildman–Crippen MR) is 125 cm³/mol. The number of nitrogens with one attached hydrogen (secondary N) is 1. The van der Waals surface area contributed by atoms with E-state index in [0.29, 0.717) is 26.9 Å². The molecule has 0 aliphatic rings. The van der Waals surface area contributed by atoms with Crippen LogP contribution in [-0.4, -0.2) is 33.3 Å². The molecule has 1 N–H and O–H groups in total.